The van der Waals surface area contributed by atoms with Crippen LogP contribution in [0, 0.1) is 3.57 Å². The van der Waals surface area contributed by atoms with E-state index in [0.29, 0.717) is 10.2 Å². The van der Waals surface area contributed by atoms with E-state index in [2.05, 4.69) is 49.2 Å². The zero-order valence-corrected chi connectivity index (χ0v) is 14.3. The Morgan fingerprint density at radius 1 is 1.05 bits per heavy atom. The molecular formula is C14H10BrIN2O3. The van der Waals surface area contributed by atoms with Gasteiger partial charge in [-0.05, 0) is 52.9 Å². The van der Waals surface area contributed by atoms with E-state index in [9.17, 15) is 9.59 Å². The lowest BCUT2D eigenvalue weighted by atomic mass is 10.2. The largest absolute Gasteiger partial charge is 0.478 e. The molecule has 0 bridgehead atoms. The molecule has 0 saturated carbocycles. The van der Waals surface area contributed by atoms with Gasteiger partial charge in [0.25, 0.3) is 0 Å². The lowest BCUT2D eigenvalue weighted by molar-refractivity contribution is 0.0698. The Bertz CT molecular complexity index is 706. The molecule has 2 aromatic carbocycles. The van der Waals surface area contributed by atoms with Crippen LogP contribution in [-0.4, -0.2) is 17.1 Å². The van der Waals surface area contributed by atoms with Crippen LogP contribution in [0.25, 0.3) is 0 Å². The zero-order valence-electron chi connectivity index (χ0n) is 10.6. The van der Waals surface area contributed by atoms with Gasteiger partial charge in [-0.2, -0.15) is 0 Å². The molecule has 21 heavy (non-hydrogen) atoms. The van der Waals surface area contributed by atoms with E-state index in [1.54, 1.807) is 18.2 Å². The number of carboxylic acid groups (broad SMARTS) is 1. The number of amides is 2. The summed E-state index contributed by atoms with van der Waals surface area (Å²) in [5.41, 5.74) is 0.904. The fraction of sp³-hybridized carbons (Fsp3) is 0. The lowest BCUT2D eigenvalue weighted by Crippen LogP contribution is -2.21. The molecule has 0 radical (unpaired) electrons. The van der Waals surface area contributed by atoms with Crippen molar-refractivity contribution in [3.8, 4) is 0 Å². The van der Waals surface area contributed by atoms with Gasteiger partial charge in [0.15, 0.2) is 0 Å². The number of aromatic carboxylic acids is 1. The predicted molar refractivity (Wildman–Crippen MR) is 92.9 cm³/mol. The highest BCUT2D eigenvalue weighted by Gasteiger charge is 2.13. The van der Waals surface area contributed by atoms with Gasteiger partial charge >= 0.3 is 12.0 Å². The van der Waals surface area contributed by atoms with Crippen LogP contribution in [0.3, 0.4) is 0 Å². The number of carbonyl (C=O) groups is 2. The average molecular weight is 461 g/mol. The van der Waals surface area contributed by atoms with Gasteiger partial charge in [0.05, 0.1) is 16.9 Å². The normalized spacial score (nSPS) is 10.0. The number of carboxylic acids is 1. The highest BCUT2D eigenvalue weighted by atomic mass is 127. The Hall–Kier alpha value is -1.61. The maximum atomic E-state index is 12.0. The van der Waals surface area contributed by atoms with Crippen molar-refractivity contribution >= 4 is 61.9 Å². The van der Waals surface area contributed by atoms with Crippen LogP contribution in [0.4, 0.5) is 16.2 Å². The molecule has 0 atom stereocenters. The minimum absolute atomic E-state index is 0.0160. The fourth-order valence-corrected chi connectivity index (χ4v) is 2.52. The van der Waals surface area contributed by atoms with Gasteiger partial charge in [0, 0.05) is 8.04 Å². The molecule has 0 fully saturated rings. The summed E-state index contributed by atoms with van der Waals surface area (Å²) < 4.78 is 1.52. The summed E-state index contributed by atoms with van der Waals surface area (Å²) in [4.78, 5) is 23.1. The van der Waals surface area contributed by atoms with E-state index in [4.69, 9.17) is 5.11 Å². The van der Waals surface area contributed by atoms with Crippen molar-refractivity contribution < 1.29 is 14.7 Å². The zero-order chi connectivity index (χ0) is 15.4. The van der Waals surface area contributed by atoms with Gasteiger partial charge in [-0.25, -0.2) is 9.59 Å². The van der Waals surface area contributed by atoms with Crippen LogP contribution in [0.1, 0.15) is 10.4 Å². The van der Waals surface area contributed by atoms with Gasteiger partial charge in [0.1, 0.15) is 0 Å². The van der Waals surface area contributed by atoms with Crippen molar-refractivity contribution in [2.24, 2.45) is 0 Å². The van der Waals surface area contributed by atoms with Crippen molar-refractivity contribution in [1.29, 1.82) is 0 Å². The highest BCUT2D eigenvalue weighted by molar-refractivity contribution is 14.1. The number of hydrogen-bond donors (Lipinski definition) is 3. The standard InChI is InChI=1S/C14H10BrIN2O3/c15-8-5-6-11(9(7-8)13(19)20)17-14(21)18-12-4-2-1-3-10(12)16/h1-7H,(H,19,20)(H2,17,18,21). The molecular weight excluding hydrogens is 451 g/mol. The lowest BCUT2D eigenvalue weighted by Gasteiger charge is -2.11. The number of nitrogens with one attached hydrogen (secondary N) is 2. The fourth-order valence-electron chi connectivity index (χ4n) is 1.64. The topological polar surface area (TPSA) is 78.4 Å². The molecule has 2 aromatic rings. The first-order chi connectivity index (χ1) is 9.97. The summed E-state index contributed by atoms with van der Waals surface area (Å²) >= 11 is 5.31. The van der Waals surface area contributed by atoms with Gasteiger partial charge < -0.3 is 15.7 Å². The summed E-state index contributed by atoms with van der Waals surface area (Å²) in [5.74, 6) is -1.11. The molecule has 0 saturated heterocycles. The smallest absolute Gasteiger partial charge is 0.337 e. The number of halogens is 2. The number of para-hydroxylation sites is 1. The number of hydrogen-bond acceptors (Lipinski definition) is 2. The molecule has 0 spiro atoms. The van der Waals surface area contributed by atoms with Crippen molar-refractivity contribution in [3.05, 3.63) is 56.1 Å². The Labute approximate surface area is 143 Å². The first-order valence-corrected chi connectivity index (χ1v) is 7.70. The minimum atomic E-state index is -1.11. The molecule has 0 aliphatic heterocycles. The second kappa shape index (κ2) is 6.90. The third-order valence-corrected chi connectivity index (χ3v) is 4.02. The van der Waals surface area contributed by atoms with Crippen LogP contribution in [0.2, 0.25) is 0 Å². The number of urea groups is 1. The van der Waals surface area contributed by atoms with Crippen LogP contribution in [-0.2, 0) is 0 Å². The molecule has 0 aromatic heterocycles. The Balaban J connectivity index is 2.17. The maximum Gasteiger partial charge on any atom is 0.337 e. The summed E-state index contributed by atoms with van der Waals surface area (Å²) in [6.07, 6.45) is 0. The second-order valence-electron chi connectivity index (χ2n) is 4.05. The van der Waals surface area contributed by atoms with Crippen LogP contribution in [0.15, 0.2) is 46.9 Å². The summed E-state index contributed by atoms with van der Waals surface area (Å²) in [5, 5.41) is 14.4. The third-order valence-electron chi connectivity index (χ3n) is 2.58. The van der Waals surface area contributed by atoms with Gasteiger partial charge in [0.2, 0.25) is 0 Å². The Morgan fingerprint density at radius 2 is 1.71 bits per heavy atom. The number of anilines is 2. The summed E-state index contributed by atoms with van der Waals surface area (Å²) in [6.45, 7) is 0. The van der Waals surface area contributed by atoms with E-state index in [1.807, 2.05) is 12.1 Å². The van der Waals surface area contributed by atoms with Gasteiger partial charge in [-0.15, -0.1) is 0 Å². The third kappa shape index (κ3) is 4.18. The van der Waals surface area contributed by atoms with Crippen LogP contribution >= 0.6 is 38.5 Å². The molecule has 2 amide bonds. The Kier molecular flexibility index (Phi) is 5.18. The van der Waals surface area contributed by atoms with E-state index in [1.165, 1.54) is 12.1 Å². The highest BCUT2D eigenvalue weighted by Crippen LogP contribution is 2.22. The van der Waals surface area contributed by atoms with Crippen molar-refractivity contribution in [2.45, 2.75) is 0 Å². The van der Waals surface area contributed by atoms with Gasteiger partial charge in [-0.1, -0.05) is 28.1 Å². The van der Waals surface area contributed by atoms with E-state index >= 15 is 0 Å². The summed E-state index contributed by atoms with van der Waals surface area (Å²) in [6, 6.07) is 11.4. The van der Waals surface area contributed by atoms with Crippen molar-refractivity contribution in [3.63, 3.8) is 0 Å². The first kappa shape index (κ1) is 15.8. The average Bonchev–Trinajstić information content (AvgIpc) is 2.43. The monoisotopic (exact) mass is 460 g/mol. The van der Waals surface area contributed by atoms with E-state index in [0.717, 1.165) is 3.57 Å². The second-order valence-corrected chi connectivity index (χ2v) is 6.13. The molecule has 0 unspecified atom stereocenters. The quantitative estimate of drug-likeness (QED) is 0.594. The maximum absolute atomic E-state index is 12.0. The first-order valence-electron chi connectivity index (χ1n) is 5.83. The van der Waals surface area contributed by atoms with Crippen LogP contribution in [0.5, 0.6) is 0 Å². The van der Waals surface area contributed by atoms with Crippen LogP contribution < -0.4 is 10.6 Å². The molecule has 0 aliphatic carbocycles. The number of rotatable bonds is 3. The molecule has 5 nitrogen and oxygen atoms in total. The molecule has 0 heterocycles. The minimum Gasteiger partial charge on any atom is -0.478 e. The van der Waals surface area contributed by atoms with E-state index < -0.39 is 12.0 Å². The molecule has 108 valence electrons. The van der Waals surface area contributed by atoms with Crippen molar-refractivity contribution in [1.82, 2.24) is 0 Å². The summed E-state index contributed by atoms with van der Waals surface area (Å²) in [7, 11) is 0. The number of benzene rings is 2. The van der Waals surface area contributed by atoms with Gasteiger partial charge in [-0.3, -0.25) is 0 Å². The van der Waals surface area contributed by atoms with Crippen molar-refractivity contribution in [2.75, 3.05) is 10.6 Å². The predicted octanol–water partition coefficient (Wildman–Crippen LogP) is 4.40. The van der Waals surface area contributed by atoms with E-state index in [-0.39, 0.29) is 11.3 Å². The molecule has 0 aliphatic rings. The molecule has 3 N–H and O–H groups in total. The Morgan fingerprint density at radius 3 is 2.38 bits per heavy atom. The molecule has 2 rings (SSSR count). The number of carbonyl (C=O) groups excluding carboxylic acids is 1. The SMILES string of the molecule is O=C(Nc1ccccc1I)Nc1ccc(Br)cc1C(=O)O. The molecule has 7 heteroatoms.